The molecule has 11 aliphatic rings. The fourth-order valence-corrected chi connectivity index (χ4v) is 19.5. The van der Waals surface area contributed by atoms with Crippen LogP contribution in [0, 0.1) is 45.3 Å². The Balaban J connectivity index is 0.827. The highest BCUT2D eigenvalue weighted by molar-refractivity contribution is 5.83. The molecule has 15 N–H and O–H groups in total. The van der Waals surface area contributed by atoms with Crippen molar-refractivity contribution in [3.8, 4) is 0 Å². The smallest absolute Gasteiger partial charge is 0.313 e. The van der Waals surface area contributed by atoms with E-state index in [1.54, 1.807) is 0 Å². The Morgan fingerprint density at radius 3 is 1.48 bits per heavy atom. The minimum absolute atomic E-state index is 0.0273. The van der Waals surface area contributed by atoms with Crippen molar-refractivity contribution in [3.63, 3.8) is 0 Å². The summed E-state index contributed by atoms with van der Waals surface area (Å²) < 4.78 is 95.7. The maximum atomic E-state index is 14.8. The van der Waals surface area contributed by atoms with Gasteiger partial charge in [-0.1, -0.05) is 53.2 Å². The second-order valence-electron chi connectivity index (χ2n) is 31.4. The van der Waals surface area contributed by atoms with Crippen LogP contribution in [0.2, 0.25) is 0 Å². The summed E-state index contributed by atoms with van der Waals surface area (Å²) in [7, 11) is 2.36. The Kier molecular flexibility index (Phi) is 24.6. The van der Waals surface area contributed by atoms with Crippen molar-refractivity contribution in [1.82, 2.24) is 0 Å². The molecule has 0 aromatic rings. The van der Waals surface area contributed by atoms with Crippen LogP contribution in [0.5, 0.6) is 0 Å². The van der Waals surface area contributed by atoms with Crippen molar-refractivity contribution >= 4 is 11.9 Å². The highest BCUT2D eigenvalue weighted by Gasteiger charge is 2.77. The Bertz CT molecular complexity index is 2820. The second kappa shape index (κ2) is 31.2. The molecule has 7 aliphatic heterocycles. The third-order valence-electron chi connectivity index (χ3n) is 24.8. The highest BCUT2D eigenvalue weighted by Crippen LogP contribution is 2.76. The predicted molar refractivity (Wildman–Crippen MR) is 337 cm³/mol. The van der Waals surface area contributed by atoms with Gasteiger partial charge in [0.1, 0.15) is 146 Å². The molecule has 33 heteroatoms. The predicted octanol–water partition coefficient (Wildman–Crippen LogP) is -3.85. The number of ether oxygens (including phenoxy) is 16. The minimum atomic E-state index is -2.06. The summed E-state index contributed by atoms with van der Waals surface area (Å²) in [4.78, 5) is 27.1. The van der Waals surface area contributed by atoms with Crippen LogP contribution in [0.15, 0.2) is 11.6 Å². The summed E-state index contributed by atoms with van der Waals surface area (Å²) in [5.74, 6) is -0.393. The average Bonchev–Trinajstić information content (AvgIpc) is 1.53. The molecule has 37 atom stereocenters. The summed E-state index contributed by atoms with van der Waals surface area (Å²) in [5, 5.41) is 167. The lowest BCUT2D eigenvalue weighted by Gasteiger charge is -2.64. The zero-order valence-electron chi connectivity index (χ0n) is 58.9. The number of fused-ring (bicyclic) bond motifs is 4. The number of aliphatic hydroxyl groups is 15. The monoisotopic (exact) mass is 1450 g/mol. The normalized spacial score (nSPS) is 50.9. The maximum Gasteiger partial charge on any atom is 0.313 e. The van der Waals surface area contributed by atoms with Gasteiger partial charge >= 0.3 is 11.9 Å². The number of hydrogen-bond donors (Lipinski definition) is 15. The molecule has 7 heterocycles. The molecule has 1 spiro atoms. The van der Waals surface area contributed by atoms with E-state index in [1.807, 2.05) is 6.92 Å². The number of hydrogen-bond acceptors (Lipinski definition) is 33. The number of allylic oxidation sites excluding steroid dienone is 2. The van der Waals surface area contributed by atoms with Gasteiger partial charge in [0.25, 0.3) is 0 Å². The molecule has 580 valence electrons. The van der Waals surface area contributed by atoms with E-state index in [4.69, 9.17) is 75.8 Å². The lowest BCUT2D eigenvalue weighted by Crippen LogP contribution is -2.67. The second-order valence-corrected chi connectivity index (χ2v) is 31.4. The molecule has 0 bridgehead atoms. The van der Waals surface area contributed by atoms with Crippen molar-refractivity contribution < 1.29 is 162 Å². The van der Waals surface area contributed by atoms with Crippen LogP contribution in [0.25, 0.3) is 0 Å². The zero-order valence-corrected chi connectivity index (χ0v) is 58.9. The van der Waals surface area contributed by atoms with Crippen LogP contribution in [0.4, 0.5) is 0 Å². The lowest BCUT2D eigenvalue weighted by molar-refractivity contribution is -0.392. The van der Waals surface area contributed by atoms with Crippen molar-refractivity contribution in [2.45, 2.75) is 303 Å². The molecule has 4 aliphatic carbocycles. The third-order valence-corrected chi connectivity index (χ3v) is 24.8. The van der Waals surface area contributed by atoms with Gasteiger partial charge in [0.05, 0.1) is 51.2 Å². The van der Waals surface area contributed by atoms with Gasteiger partial charge < -0.3 is 152 Å². The molecular weight excluding hydrogens is 1340 g/mol. The van der Waals surface area contributed by atoms with E-state index >= 15 is 0 Å². The molecule has 0 amide bonds. The van der Waals surface area contributed by atoms with E-state index in [2.05, 4.69) is 47.6 Å². The van der Waals surface area contributed by atoms with Gasteiger partial charge in [0.15, 0.2) is 37.7 Å². The minimum Gasteiger partial charge on any atom is -0.462 e. The number of cyclic esters (lactones) is 1. The molecule has 10 fully saturated rings. The molecule has 11 rings (SSSR count). The Morgan fingerprint density at radius 2 is 0.990 bits per heavy atom. The van der Waals surface area contributed by atoms with E-state index in [-0.39, 0.29) is 41.0 Å². The fraction of sp³-hybridized carbons (Fsp3) is 0.941. The number of carbonyl (C=O) groups excluding carboxylic acids is 2. The van der Waals surface area contributed by atoms with Gasteiger partial charge in [-0.05, 0) is 86.9 Å². The summed E-state index contributed by atoms with van der Waals surface area (Å²) in [5.41, 5.74) is -1.86. The van der Waals surface area contributed by atoms with Gasteiger partial charge in [-0.2, -0.15) is 0 Å². The molecule has 33 nitrogen and oxygen atoms in total. The zero-order chi connectivity index (χ0) is 73.5. The van der Waals surface area contributed by atoms with Crippen LogP contribution in [0.1, 0.15) is 113 Å². The molecule has 0 aromatic carbocycles. The summed E-state index contributed by atoms with van der Waals surface area (Å²) in [6, 6.07) is 0. The largest absolute Gasteiger partial charge is 0.462 e. The van der Waals surface area contributed by atoms with E-state index in [9.17, 15) is 86.2 Å². The summed E-state index contributed by atoms with van der Waals surface area (Å²) in [6.07, 6.45) is -40.7. The first-order valence-electron chi connectivity index (χ1n) is 35.6. The van der Waals surface area contributed by atoms with Crippen LogP contribution in [-0.2, 0) is 85.4 Å². The van der Waals surface area contributed by atoms with Crippen molar-refractivity contribution in [1.29, 1.82) is 0 Å². The van der Waals surface area contributed by atoms with Crippen LogP contribution in [-0.4, -0.2) is 332 Å². The number of esters is 2. The first-order valence-corrected chi connectivity index (χ1v) is 35.6. The number of carbonyl (C=O) groups is 2. The van der Waals surface area contributed by atoms with Crippen LogP contribution < -0.4 is 0 Å². The highest BCUT2D eigenvalue weighted by atomic mass is 16.8. The van der Waals surface area contributed by atoms with Gasteiger partial charge in [-0.15, -0.1) is 0 Å². The first kappa shape index (κ1) is 79.6. The lowest BCUT2D eigenvalue weighted by atomic mass is 9.41. The summed E-state index contributed by atoms with van der Waals surface area (Å²) >= 11 is 0. The van der Waals surface area contributed by atoms with Gasteiger partial charge in [-0.3, -0.25) is 9.59 Å². The molecule has 0 unspecified atom stereocenters. The standard InChI is InChI=1S/C68H110O33/c1-27(2)19-29(90-28(3)73)20-67(8)39-14-17-66(7)31-11-12-38-64(4,5)40(15-16-65(38,6)30(31)13-18-68(39,66)63(85)101-67)97-62-56(46(79)37(26-89-62)96-59-51(84)55(45(78)35(24-72)92-59)99-61-49(82)53(87-10)43(76)33(22-70)94-61)100-57-47(80)41(74)36(25-88-57)95-58-50(83)54(44(77)34(23-71)91-58)98-60-48(81)52(86-9)42(75)32(21-69)93-60/h11,27,29-30,32-62,69-72,74-84H,12-26H2,1-10H3/t29-,30-,32+,33+,34+,35+,36+,37+,38-,39-,40-,41-,42+,43+,44+,45+,46-,47+,48+,49+,50+,51+,52-,53-,54-,55-,56+,57-,58-,59-,60-,61-,62-,65+,66-,67-,68-/m0/s1. The van der Waals surface area contributed by atoms with Crippen molar-refractivity contribution in [3.05, 3.63) is 11.6 Å². The number of methoxy groups -OCH3 is 2. The molecule has 0 aromatic heterocycles. The van der Waals surface area contributed by atoms with Gasteiger partial charge in [-0.25, -0.2) is 0 Å². The van der Waals surface area contributed by atoms with Crippen LogP contribution >= 0.6 is 0 Å². The van der Waals surface area contributed by atoms with Crippen LogP contribution in [0.3, 0.4) is 0 Å². The van der Waals surface area contributed by atoms with E-state index in [1.165, 1.54) is 26.7 Å². The average molecular weight is 1460 g/mol. The fourth-order valence-electron chi connectivity index (χ4n) is 19.5. The topological polar surface area (TPSA) is 485 Å². The Hall–Kier alpha value is -2.48. The molecule has 7 saturated heterocycles. The van der Waals surface area contributed by atoms with E-state index in [0.717, 1.165) is 19.3 Å². The van der Waals surface area contributed by atoms with Gasteiger partial charge in [0, 0.05) is 38.9 Å². The quantitative estimate of drug-likeness (QED) is 0.0344. The SMILES string of the molecule is CO[C@@H]1[C@@H](O)[C@H](O[C@@H]2[C@@H](O)[C@H](O[C@@H]3CO[C@@H](O[C@H]4[C@H](O[C@H]5CC[C@]6(C)[C@H]7CC[C@@]89C(=O)O[C@@](C)(C[C@H](CC(C)C)OC(C)=O)[C@@H]8CC[C@@]9(C)C7=CC[C@H]6C5(C)C)OC[C@@H](O[C@@H]5O[C@H](CO)[C@@H](O)[C@H](O[C@@H]6O[C@H](CO)[C@@H](O)[C@H](OC)[C@H]6O)[C@H]5O)[C@@H]4O)[C@H](O)[C@H]3O)O[C@H](CO)[C@H]2O)O[C@H](CO)[C@H]1O. The molecular formula is C68H110O33. The number of rotatable bonds is 23. The Labute approximate surface area is 585 Å². The molecule has 0 radical (unpaired) electrons. The van der Waals surface area contributed by atoms with Gasteiger partial charge in [0.2, 0.25) is 0 Å². The van der Waals surface area contributed by atoms with E-state index < -0.39 is 246 Å². The molecule has 101 heavy (non-hydrogen) atoms. The first-order chi connectivity index (χ1) is 47.7. The maximum absolute atomic E-state index is 14.8. The Morgan fingerprint density at radius 1 is 0.525 bits per heavy atom. The molecule has 3 saturated carbocycles. The van der Waals surface area contributed by atoms with E-state index in [0.29, 0.717) is 38.5 Å². The van der Waals surface area contributed by atoms with Crippen molar-refractivity contribution in [2.75, 3.05) is 53.9 Å². The third kappa shape index (κ3) is 14.3. The summed E-state index contributed by atoms with van der Waals surface area (Å²) in [6.45, 7) is 11.9. The van der Waals surface area contributed by atoms with Crippen molar-refractivity contribution in [2.24, 2.45) is 45.3 Å². The number of aliphatic hydroxyl groups excluding tert-OH is 15.